The minimum Gasteiger partial charge on any atom is -0.486 e. The van der Waals surface area contributed by atoms with E-state index in [2.05, 4.69) is 45.0 Å². The predicted octanol–water partition coefficient (Wildman–Crippen LogP) is 5.81. The maximum atomic E-state index is 6.16. The molecule has 0 aliphatic rings. The Balaban J connectivity index is 2.10. The van der Waals surface area contributed by atoms with Gasteiger partial charge in [0.1, 0.15) is 11.9 Å². The Morgan fingerprint density at radius 2 is 1.57 bits per heavy atom. The summed E-state index contributed by atoms with van der Waals surface area (Å²) in [5, 5.41) is 0. The molecule has 1 heteroatoms. The van der Waals surface area contributed by atoms with Crippen LogP contribution >= 0.6 is 0 Å². The Morgan fingerprint density at radius 3 is 2.14 bits per heavy atom. The number of hydrogen-bond acceptors (Lipinski definition) is 1. The molecule has 0 N–H and O–H groups in total. The van der Waals surface area contributed by atoms with Crippen LogP contribution in [-0.2, 0) is 6.42 Å². The summed E-state index contributed by atoms with van der Waals surface area (Å²) < 4.78 is 6.16. The van der Waals surface area contributed by atoms with Gasteiger partial charge in [0.2, 0.25) is 0 Å². The molecule has 2 aromatic carbocycles. The van der Waals surface area contributed by atoms with Crippen molar-refractivity contribution in [2.24, 2.45) is 5.92 Å². The lowest BCUT2D eigenvalue weighted by molar-refractivity contribution is 0.194. The molecule has 0 radical (unpaired) electrons. The molecule has 1 atom stereocenters. The minimum absolute atomic E-state index is 0.144. The molecule has 0 spiro atoms. The zero-order valence-corrected chi connectivity index (χ0v) is 13.4. The first-order valence-corrected chi connectivity index (χ1v) is 7.99. The molecule has 0 amide bonds. The van der Waals surface area contributed by atoms with Gasteiger partial charge in [-0.3, -0.25) is 0 Å². The van der Waals surface area contributed by atoms with Crippen LogP contribution in [0.3, 0.4) is 0 Å². The highest BCUT2D eigenvalue weighted by Crippen LogP contribution is 2.26. The van der Waals surface area contributed by atoms with Crippen LogP contribution in [0.25, 0.3) is 0 Å². The van der Waals surface area contributed by atoms with Crippen molar-refractivity contribution in [2.45, 2.75) is 46.1 Å². The van der Waals surface area contributed by atoms with E-state index >= 15 is 0 Å². The van der Waals surface area contributed by atoms with E-state index in [1.807, 2.05) is 30.3 Å². The van der Waals surface area contributed by atoms with Gasteiger partial charge in [0.05, 0.1) is 0 Å². The van der Waals surface area contributed by atoms with Crippen LogP contribution in [0.1, 0.15) is 50.8 Å². The first kappa shape index (κ1) is 15.6. The van der Waals surface area contributed by atoms with E-state index in [0.29, 0.717) is 5.92 Å². The summed E-state index contributed by atoms with van der Waals surface area (Å²) in [7, 11) is 0. The Hall–Kier alpha value is -1.76. The van der Waals surface area contributed by atoms with E-state index in [1.54, 1.807) is 0 Å². The van der Waals surface area contributed by atoms with Gasteiger partial charge in [0.15, 0.2) is 0 Å². The molecule has 2 rings (SSSR count). The Bertz CT molecular complexity index is 513. The Labute approximate surface area is 129 Å². The lowest BCUT2D eigenvalue weighted by Gasteiger charge is -2.19. The summed E-state index contributed by atoms with van der Waals surface area (Å²) in [5.74, 6) is 1.64. The summed E-state index contributed by atoms with van der Waals surface area (Å²) in [4.78, 5) is 0. The molecule has 0 aromatic heterocycles. The summed E-state index contributed by atoms with van der Waals surface area (Å²) in [6.45, 7) is 6.72. The maximum absolute atomic E-state index is 6.16. The minimum atomic E-state index is 0.144. The molecule has 0 saturated carbocycles. The van der Waals surface area contributed by atoms with Crippen LogP contribution in [0.2, 0.25) is 0 Å². The van der Waals surface area contributed by atoms with Crippen LogP contribution in [0.5, 0.6) is 5.75 Å². The summed E-state index contributed by atoms with van der Waals surface area (Å²) in [6, 6.07) is 19.0. The highest BCUT2D eigenvalue weighted by molar-refractivity contribution is 5.27. The first-order chi connectivity index (χ1) is 10.2. The van der Waals surface area contributed by atoms with E-state index in [-0.39, 0.29) is 6.10 Å². The van der Waals surface area contributed by atoms with Crippen LogP contribution < -0.4 is 4.74 Å². The number of hydrogen-bond donors (Lipinski definition) is 0. The average molecular weight is 282 g/mol. The third kappa shape index (κ3) is 4.93. The monoisotopic (exact) mass is 282 g/mol. The Morgan fingerprint density at radius 1 is 0.905 bits per heavy atom. The normalized spacial score (nSPS) is 12.4. The predicted molar refractivity (Wildman–Crippen MR) is 89.7 cm³/mol. The van der Waals surface area contributed by atoms with E-state index < -0.39 is 0 Å². The molecular weight excluding hydrogens is 256 g/mol. The summed E-state index contributed by atoms with van der Waals surface area (Å²) in [5.41, 5.74) is 2.68. The highest BCUT2D eigenvalue weighted by atomic mass is 16.5. The standard InChI is InChI=1S/C20H26O/c1-4-8-20(21-19-9-6-5-7-10-19)18-13-11-17(12-14-18)15-16(2)3/h5-7,9-14,16,20H,4,8,15H2,1-3H3. The lowest BCUT2D eigenvalue weighted by atomic mass is 9.99. The van der Waals surface area contributed by atoms with Crippen molar-refractivity contribution in [1.82, 2.24) is 0 Å². The van der Waals surface area contributed by atoms with Gasteiger partial charge in [0, 0.05) is 0 Å². The molecule has 1 nitrogen and oxygen atoms in total. The van der Waals surface area contributed by atoms with Gasteiger partial charge in [0.25, 0.3) is 0 Å². The second-order valence-electron chi connectivity index (χ2n) is 6.05. The van der Waals surface area contributed by atoms with E-state index in [9.17, 15) is 0 Å². The molecule has 1 unspecified atom stereocenters. The second-order valence-corrected chi connectivity index (χ2v) is 6.05. The van der Waals surface area contributed by atoms with E-state index in [1.165, 1.54) is 11.1 Å². The fourth-order valence-corrected chi connectivity index (χ4v) is 2.56. The molecule has 0 saturated heterocycles. The maximum Gasteiger partial charge on any atom is 0.124 e. The number of rotatable bonds is 7. The molecule has 0 aliphatic carbocycles. The summed E-state index contributed by atoms with van der Waals surface area (Å²) in [6.07, 6.45) is 3.44. The largest absolute Gasteiger partial charge is 0.486 e. The van der Waals surface area contributed by atoms with Gasteiger partial charge >= 0.3 is 0 Å². The van der Waals surface area contributed by atoms with Crippen LogP contribution in [-0.4, -0.2) is 0 Å². The third-order valence-corrected chi connectivity index (χ3v) is 3.57. The number of benzene rings is 2. The average Bonchev–Trinajstić information content (AvgIpc) is 2.48. The number of para-hydroxylation sites is 1. The third-order valence-electron chi connectivity index (χ3n) is 3.57. The fourth-order valence-electron chi connectivity index (χ4n) is 2.56. The van der Waals surface area contributed by atoms with E-state index in [4.69, 9.17) is 4.74 Å². The first-order valence-electron chi connectivity index (χ1n) is 7.99. The highest BCUT2D eigenvalue weighted by Gasteiger charge is 2.12. The van der Waals surface area contributed by atoms with Crippen molar-refractivity contribution >= 4 is 0 Å². The fraction of sp³-hybridized carbons (Fsp3) is 0.400. The van der Waals surface area contributed by atoms with Crippen molar-refractivity contribution in [3.63, 3.8) is 0 Å². The van der Waals surface area contributed by atoms with Gasteiger partial charge < -0.3 is 4.74 Å². The van der Waals surface area contributed by atoms with E-state index in [0.717, 1.165) is 25.0 Å². The topological polar surface area (TPSA) is 9.23 Å². The van der Waals surface area contributed by atoms with Crippen molar-refractivity contribution in [1.29, 1.82) is 0 Å². The SMILES string of the molecule is CCCC(Oc1ccccc1)c1ccc(CC(C)C)cc1. The zero-order valence-electron chi connectivity index (χ0n) is 13.4. The molecule has 0 fully saturated rings. The van der Waals surface area contributed by atoms with Crippen molar-refractivity contribution < 1.29 is 4.74 Å². The summed E-state index contributed by atoms with van der Waals surface area (Å²) >= 11 is 0. The molecule has 0 aliphatic heterocycles. The molecule has 2 aromatic rings. The van der Waals surface area contributed by atoms with Gasteiger partial charge in [-0.1, -0.05) is 69.7 Å². The van der Waals surface area contributed by atoms with Gasteiger partial charge in [-0.25, -0.2) is 0 Å². The quantitative estimate of drug-likeness (QED) is 0.623. The van der Waals surface area contributed by atoms with Gasteiger partial charge in [-0.15, -0.1) is 0 Å². The lowest BCUT2D eigenvalue weighted by Crippen LogP contribution is -2.07. The molecule has 0 bridgehead atoms. The van der Waals surface area contributed by atoms with Gasteiger partial charge in [-0.2, -0.15) is 0 Å². The van der Waals surface area contributed by atoms with Crippen LogP contribution in [0.15, 0.2) is 54.6 Å². The molecule has 0 heterocycles. The Kier molecular flexibility index (Phi) is 5.86. The second kappa shape index (κ2) is 7.87. The van der Waals surface area contributed by atoms with Gasteiger partial charge in [-0.05, 0) is 42.0 Å². The molecule has 112 valence electrons. The van der Waals surface area contributed by atoms with Crippen LogP contribution in [0, 0.1) is 5.92 Å². The van der Waals surface area contributed by atoms with Crippen LogP contribution in [0.4, 0.5) is 0 Å². The molecule has 21 heavy (non-hydrogen) atoms. The molecular formula is C20H26O. The van der Waals surface area contributed by atoms with Crippen molar-refractivity contribution in [2.75, 3.05) is 0 Å². The smallest absolute Gasteiger partial charge is 0.124 e. The van der Waals surface area contributed by atoms with Crippen molar-refractivity contribution in [3.05, 3.63) is 65.7 Å². The van der Waals surface area contributed by atoms with Crippen molar-refractivity contribution in [3.8, 4) is 5.75 Å². The number of ether oxygens (including phenoxy) is 1. The zero-order chi connectivity index (χ0) is 15.1.